The zero-order valence-electron chi connectivity index (χ0n) is 10.5. The van der Waals surface area contributed by atoms with Crippen molar-refractivity contribution in [1.29, 1.82) is 0 Å². The Kier molecular flexibility index (Phi) is 3.87. The number of phenols is 3. The standard InChI is InChI=1S/C14H16N2O3/c1-9(11-4-2-3-7-15-11)16-8-10-5-6-12(17)14(19)13(10)18/h2-7,9,16-19H,8H2,1H3/t9-/m0/s1. The zero-order chi connectivity index (χ0) is 13.8. The highest BCUT2D eigenvalue weighted by molar-refractivity contribution is 5.53. The highest BCUT2D eigenvalue weighted by Gasteiger charge is 2.12. The summed E-state index contributed by atoms with van der Waals surface area (Å²) in [4.78, 5) is 4.23. The Morgan fingerprint density at radius 1 is 1.11 bits per heavy atom. The zero-order valence-corrected chi connectivity index (χ0v) is 10.5. The molecular formula is C14H16N2O3. The lowest BCUT2D eigenvalue weighted by molar-refractivity contribution is 0.363. The summed E-state index contributed by atoms with van der Waals surface area (Å²) >= 11 is 0. The number of nitrogens with zero attached hydrogens (tertiary/aromatic N) is 1. The topological polar surface area (TPSA) is 85.6 Å². The molecule has 5 heteroatoms. The molecule has 100 valence electrons. The molecule has 0 spiro atoms. The van der Waals surface area contributed by atoms with Crippen LogP contribution < -0.4 is 5.32 Å². The lowest BCUT2D eigenvalue weighted by Crippen LogP contribution is -2.19. The van der Waals surface area contributed by atoms with Gasteiger partial charge in [-0.1, -0.05) is 12.1 Å². The fourth-order valence-corrected chi connectivity index (χ4v) is 1.75. The molecule has 0 bridgehead atoms. The Labute approximate surface area is 111 Å². The van der Waals surface area contributed by atoms with Crippen LogP contribution in [0.5, 0.6) is 17.2 Å². The smallest absolute Gasteiger partial charge is 0.200 e. The third-order valence-corrected chi connectivity index (χ3v) is 2.94. The average Bonchev–Trinajstić information content (AvgIpc) is 2.45. The van der Waals surface area contributed by atoms with Crippen LogP contribution in [-0.2, 0) is 6.54 Å². The molecule has 0 amide bonds. The van der Waals surface area contributed by atoms with Crippen molar-refractivity contribution < 1.29 is 15.3 Å². The van der Waals surface area contributed by atoms with Crippen LogP contribution >= 0.6 is 0 Å². The van der Waals surface area contributed by atoms with Gasteiger partial charge in [0.1, 0.15) is 0 Å². The summed E-state index contributed by atoms with van der Waals surface area (Å²) in [6.07, 6.45) is 1.72. The fraction of sp³-hybridized carbons (Fsp3) is 0.214. The van der Waals surface area contributed by atoms with Crippen molar-refractivity contribution >= 4 is 0 Å². The van der Waals surface area contributed by atoms with Crippen LogP contribution in [0, 0.1) is 0 Å². The fourth-order valence-electron chi connectivity index (χ4n) is 1.75. The summed E-state index contributed by atoms with van der Waals surface area (Å²) in [5.41, 5.74) is 1.41. The molecule has 0 saturated heterocycles. The number of benzene rings is 1. The Morgan fingerprint density at radius 2 is 1.89 bits per heavy atom. The highest BCUT2D eigenvalue weighted by atomic mass is 16.3. The number of hydrogen-bond donors (Lipinski definition) is 4. The van der Waals surface area contributed by atoms with Gasteiger partial charge in [-0.15, -0.1) is 0 Å². The summed E-state index contributed by atoms with van der Waals surface area (Å²) < 4.78 is 0. The van der Waals surface area contributed by atoms with Crippen LogP contribution in [0.3, 0.4) is 0 Å². The van der Waals surface area contributed by atoms with E-state index in [4.69, 9.17) is 0 Å². The Bertz CT molecular complexity index is 558. The number of aromatic hydroxyl groups is 3. The first kappa shape index (κ1) is 13.2. The lowest BCUT2D eigenvalue weighted by atomic mass is 10.1. The summed E-state index contributed by atoms with van der Waals surface area (Å²) in [6, 6.07) is 8.58. The number of rotatable bonds is 4. The van der Waals surface area contributed by atoms with Gasteiger partial charge in [-0.2, -0.15) is 0 Å². The van der Waals surface area contributed by atoms with Crippen LogP contribution in [0.25, 0.3) is 0 Å². The summed E-state index contributed by atoms with van der Waals surface area (Å²) in [7, 11) is 0. The van der Waals surface area contributed by atoms with Crippen molar-refractivity contribution in [2.75, 3.05) is 0 Å². The van der Waals surface area contributed by atoms with E-state index in [9.17, 15) is 15.3 Å². The van der Waals surface area contributed by atoms with Gasteiger partial charge in [-0.05, 0) is 25.1 Å². The predicted octanol–water partition coefficient (Wildman–Crippen LogP) is 2.05. The minimum Gasteiger partial charge on any atom is -0.504 e. The SMILES string of the molecule is C[C@H](NCc1ccc(O)c(O)c1O)c1ccccn1. The van der Waals surface area contributed by atoms with Crippen molar-refractivity contribution in [1.82, 2.24) is 10.3 Å². The minimum atomic E-state index is -0.496. The van der Waals surface area contributed by atoms with Gasteiger partial charge in [0.15, 0.2) is 11.5 Å². The van der Waals surface area contributed by atoms with E-state index in [1.54, 1.807) is 12.3 Å². The number of phenolic OH excluding ortho intramolecular Hbond substituents is 3. The molecular weight excluding hydrogens is 244 g/mol. The van der Waals surface area contributed by atoms with Crippen LogP contribution in [0.1, 0.15) is 24.2 Å². The highest BCUT2D eigenvalue weighted by Crippen LogP contribution is 2.37. The van der Waals surface area contributed by atoms with E-state index in [2.05, 4.69) is 10.3 Å². The molecule has 1 aromatic heterocycles. The molecule has 0 saturated carbocycles. The normalized spacial score (nSPS) is 12.3. The van der Waals surface area contributed by atoms with Gasteiger partial charge in [0, 0.05) is 24.3 Å². The van der Waals surface area contributed by atoms with E-state index in [1.165, 1.54) is 6.07 Å². The molecule has 1 heterocycles. The number of aromatic nitrogens is 1. The maximum absolute atomic E-state index is 9.70. The molecule has 0 aliphatic heterocycles. The third-order valence-electron chi connectivity index (χ3n) is 2.94. The Morgan fingerprint density at radius 3 is 2.58 bits per heavy atom. The Hall–Kier alpha value is -2.27. The average molecular weight is 260 g/mol. The molecule has 4 N–H and O–H groups in total. The molecule has 0 unspecified atom stereocenters. The van der Waals surface area contributed by atoms with E-state index in [1.807, 2.05) is 25.1 Å². The van der Waals surface area contributed by atoms with Crippen LogP contribution in [0.4, 0.5) is 0 Å². The first-order valence-corrected chi connectivity index (χ1v) is 5.96. The van der Waals surface area contributed by atoms with Crippen LogP contribution in [0.15, 0.2) is 36.5 Å². The van der Waals surface area contributed by atoms with E-state index in [0.29, 0.717) is 12.1 Å². The van der Waals surface area contributed by atoms with E-state index < -0.39 is 5.75 Å². The predicted molar refractivity (Wildman–Crippen MR) is 70.9 cm³/mol. The third kappa shape index (κ3) is 2.95. The summed E-state index contributed by atoms with van der Waals surface area (Å²) in [6.45, 7) is 2.32. The van der Waals surface area contributed by atoms with Crippen molar-refractivity contribution in [3.05, 3.63) is 47.8 Å². The van der Waals surface area contributed by atoms with E-state index in [-0.39, 0.29) is 17.5 Å². The van der Waals surface area contributed by atoms with Crippen LogP contribution in [0.2, 0.25) is 0 Å². The molecule has 0 aliphatic rings. The molecule has 19 heavy (non-hydrogen) atoms. The number of nitrogens with one attached hydrogen (secondary N) is 1. The van der Waals surface area contributed by atoms with Gasteiger partial charge in [0.25, 0.3) is 0 Å². The molecule has 0 fully saturated rings. The first-order chi connectivity index (χ1) is 9.09. The van der Waals surface area contributed by atoms with Crippen molar-refractivity contribution in [2.24, 2.45) is 0 Å². The minimum absolute atomic E-state index is 0.0107. The van der Waals surface area contributed by atoms with Gasteiger partial charge in [-0.25, -0.2) is 0 Å². The largest absolute Gasteiger partial charge is 0.504 e. The molecule has 1 aromatic carbocycles. The molecule has 0 radical (unpaired) electrons. The molecule has 2 aromatic rings. The number of pyridine rings is 1. The van der Waals surface area contributed by atoms with Gasteiger partial charge in [0.2, 0.25) is 5.75 Å². The van der Waals surface area contributed by atoms with Gasteiger partial charge >= 0.3 is 0 Å². The Balaban J connectivity index is 2.05. The van der Waals surface area contributed by atoms with Crippen molar-refractivity contribution in [2.45, 2.75) is 19.5 Å². The summed E-state index contributed by atoms with van der Waals surface area (Å²) in [5, 5.41) is 31.6. The van der Waals surface area contributed by atoms with Crippen molar-refractivity contribution in [3.63, 3.8) is 0 Å². The van der Waals surface area contributed by atoms with Gasteiger partial charge in [0.05, 0.1) is 5.69 Å². The number of hydrogen-bond acceptors (Lipinski definition) is 5. The van der Waals surface area contributed by atoms with Gasteiger partial charge in [-0.3, -0.25) is 4.98 Å². The van der Waals surface area contributed by atoms with Gasteiger partial charge < -0.3 is 20.6 Å². The van der Waals surface area contributed by atoms with E-state index >= 15 is 0 Å². The molecule has 1 atom stereocenters. The quantitative estimate of drug-likeness (QED) is 0.632. The maximum Gasteiger partial charge on any atom is 0.200 e. The molecule has 0 aliphatic carbocycles. The molecule has 2 rings (SSSR count). The lowest BCUT2D eigenvalue weighted by Gasteiger charge is -2.14. The van der Waals surface area contributed by atoms with E-state index in [0.717, 1.165) is 5.69 Å². The molecule has 5 nitrogen and oxygen atoms in total. The second kappa shape index (κ2) is 5.58. The van der Waals surface area contributed by atoms with Crippen LogP contribution in [-0.4, -0.2) is 20.3 Å². The summed E-state index contributed by atoms with van der Waals surface area (Å²) in [5.74, 6) is -1.13. The second-order valence-corrected chi connectivity index (χ2v) is 4.30. The van der Waals surface area contributed by atoms with Crippen molar-refractivity contribution in [3.8, 4) is 17.2 Å². The maximum atomic E-state index is 9.70. The second-order valence-electron chi connectivity index (χ2n) is 4.30. The monoisotopic (exact) mass is 260 g/mol. The first-order valence-electron chi connectivity index (χ1n) is 5.96.